The van der Waals surface area contributed by atoms with Crippen molar-refractivity contribution in [3.05, 3.63) is 309 Å². The van der Waals surface area contributed by atoms with Crippen molar-refractivity contribution in [3.63, 3.8) is 0 Å². The normalized spacial score (nSPS) is 11.7. The van der Waals surface area contributed by atoms with Gasteiger partial charge in [0.15, 0.2) is 23.3 Å². The van der Waals surface area contributed by atoms with Crippen molar-refractivity contribution in [2.75, 3.05) is 0 Å². The predicted molar refractivity (Wildman–Crippen MR) is 381 cm³/mol. The largest absolute Gasteiger partial charge is 0.455 e. The highest BCUT2D eigenvalue weighted by atomic mass is 35.5. The molecule has 0 aliphatic rings. The van der Waals surface area contributed by atoms with Crippen molar-refractivity contribution in [3.8, 4) is 107 Å². The van der Waals surface area contributed by atoms with Gasteiger partial charge in [-0.05, 0) is 131 Å². The number of aromatic nitrogens is 7. The van der Waals surface area contributed by atoms with Gasteiger partial charge in [0, 0.05) is 54.9 Å². The van der Waals surface area contributed by atoms with E-state index >= 15 is 0 Å². The van der Waals surface area contributed by atoms with Crippen molar-refractivity contribution >= 4 is 87.7 Å². The van der Waals surface area contributed by atoms with Crippen LogP contribution in [0.15, 0.2) is 308 Å². The highest BCUT2D eigenvalue weighted by Gasteiger charge is 2.24. The van der Waals surface area contributed by atoms with Crippen LogP contribution in [0.25, 0.3) is 183 Å². The molecule has 14 aromatic carbocycles. The third kappa shape index (κ3) is 9.55. The second kappa shape index (κ2) is 22.1. The van der Waals surface area contributed by atoms with Gasteiger partial charge in [-0.2, -0.15) is 19.9 Å². The number of hydrogen-bond donors (Lipinski definition) is 0. The van der Waals surface area contributed by atoms with Gasteiger partial charge in [-0.15, -0.1) is 0 Å². The summed E-state index contributed by atoms with van der Waals surface area (Å²) in [6, 6.07) is 107. The van der Waals surface area contributed by atoms with Crippen LogP contribution in [0, 0.1) is 0 Å². The first-order chi connectivity index (χ1) is 45.9. The van der Waals surface area contributed by atoms with E-state index in [0.29, 0.717) is 29.2 Å². The molecule has 0 aliphatic heterocycles. The third-order valence-corrected chi connectivity index (χ3v) is 18.2. The molecule has 0 unspecified atom stereocenters. The van der Waals surface area contributed by atoms with E-state index in [0.717, 1.165) is 154 Å². The standard InChI is InChI=1S/C84H50ClN7O/c85-83-88-79(86-81(89-83)66-42-34-52-16-4-5-18-58(52)48-66)56-37-32-54(33-38-56)59-19-10-20-60(46-59)61-39-40-63-49-67(43-41-62(63)47-61)82-87-80(57-35-30-53(31-36-57)51-14-2-1-3-15-51)90-84(91-82)92-74-45-44-55-17-6-7-23-68(55)76(74)73-28-12-25-69(77(73)92)64-21-11-22-65(50-64)70-26-13-27-72-71-24-8-9-29-75(71)93-78(70)72/h1-50H. The number of fused-ring (bicyclic) bond motifs is 10. The maximum atomic E-state index is 6.60. The van der Waals surface area contributed by atoms with Crippen molar-refractivity contribution < 1.29 is 4.42 Å². The Morgan fingerprint density at radius 2 is 0.699 bits per heavy atom. The van der Waals surface area contributed by atoms with E-state index in [1.165, 1.54) is 0 Å². The Hall–Kier alpha value is -12.2. The highest BCUT2D eigenvalue weighted by Crippen LogP contribution is 2.44. The van der Waals surface area contributed by atoms with Gasteiger partial charge in [0.1, 0.15) is 11.2 Å². The summed E-state index contributed by atoms with van der Waals surface area (Å²) in [6.45, 7) is 0. The van der Waals surface area contributed by atoms with Gasteiger partial charge < -0.3 is 4.42 Å². The molecule has 0 fully saturated rings. The molecule has 0 spiro atoms. The summed E-state index contributed by atoms with van der Waals surface area (Å²) in [4.78, 5) is 30.3. The Bertz CT molecular complexity index is 6020. The Labute approximate surface area is 539 Å². The summed E-state index contributed by atoms with van der Waals surface area (Å²) < 4.78 is 8.86. The number of furan rings is 1. The summed E-state index contributed by atoms with van der Waals surface area (Å²) in [5, 5.41) is 11.3. The number of rotatable bonds is 10. The minimum absolute atomic E-state index is 0.147. The topological polar surface area (TPSA) is 95.4 Å². The molecule has 4 heterocycles. The lowest BCUT2D eigenvalue weighted by Gasteiger charge is -2.14. The maximum Gasteiger partial charge on any atom is 0.238 e. The summed E-state index contributed by atoms with van der Waals surface area (Å²) >= 11 is 6.54. The SMILES string of the molecule is Clc1nc(-c2ccc(-c3cccc(-c4ccc5cc(-c6nc(-c7ccc(-c8ccccc8)cc7)nc(-n7c8ccc9ccccc9c8c8cccc(-c9cccc(-c%10cccc%11c%10oc%10ccccc%10%11)c9)c87)n6)ccc5c4)c3)cc2)nc(-c2ccc3ccccc3c2)n1. The minimum atomic E-state index is 0.147. The molecule has 434 valence electrons. The van der Waals surface area contributed by atoms with Crippen molar-refractivity contribution in [1.29, 1.82) is 0 Å². The molecular weight excluding hydrogens is 1160 g/mol. The van der Waals surface area contributed by atoms with Crippen LogP contribution in [0.5, 0.6) is 0 Å². The van der Waals surface area contributed by atoms with Gasteiger partial charge in [0.2, 0.25) is 11.2 Å². The Kier molecular flexibility index (Phi) is 12.8. The molecule has 0 aliphatic carbocycles. The molecule has 0 saturated heterocycles. The molecule has 18 rings (SSSR count). The molecule has 0 amide bonds. The molecule has 8 nitrogen and oxygen atoms in total. The minimum Gasteiger partial charge on any atom is -0.455 e. The van der Waals surface area contributed by atoms with E-state index in [1.807, 2.05) is 48.5 Å². The van der Waals surface area contributed by atoms with Crippen LogP contribution < -0.4 is 0 Å². The van der Waals surface area contributed by atoms with E-state index in [1.54, 1.807) is 0 Å². The number of hydrogen-bond acceptors (Lipinski definition) is 7. The van der Waals surface area contributed by atoms with Gasteiger partial charge in [-0.3, -0.25) is 4.57 Å². The predicted octanol–water partition coefficient (Wildman–Crippen LogP) is 22.2. The Balaban J connectivity index is 0.733. The monoisotopic (exact) mass is 1210 g/mol. The zero-order valence-electron chi connectivity index (χ0n) is 49.8. The van der Waals surface area contributed by atoms with E-state index in [-0.39, 0.29) is 5.28 Å². The smallest absolute Gasteiger partial charge is 0.238 e. The molecule has 0 radical (unpaired) electrons. The maximum absolute atomic E-state index is 6.60. The average molecular weight is 1210 g/mol. The summed E-state index contributed by atoms with van der Waals surface area (Å²) in [7, 11) is 0. The zero-order chi connectivity index (χ0) is 61.5. The molecule has 0 N–H and O–H groups in total. The molecule has 9 heteroatoms. The third-order valence-electron chi connectivity index (χ3n) is 18.0. The molecule has 0 atom stereocenters. The van der Waals surface area contributed by atoms with Crippen LogP contribution in [0.3, 0.4) is 0 Å². The lowest BCUT2D eigenvalue weighted by atomic mass is 9.96. The second-order valence-corrected chi connectivity index (χ2v) is 23.9. The van der Waals surface area contributed by atoms with E-state index < -0.39 is 0 Å². The van der Waals surface area contributed by atoms with Crippen LogP contribution in [-0.4, -0.2) is 34.5 Å². The Morgan fingerprint density at radius 3 is 1.43 bits per heavy atom. The summed E-state index contributed by atoms with van der Waals surface area (Å²) in [6.07, 6.45) is 0. The molecular formula is C84H50ClN7O. The molecule has 18 aromatic rings. The van der Waals surface area contributed by atoms with Gasteiger partial charge >= 0.3 is 0 Å². The van der Waals surface area contributed by atoms with Gasteiger partial charge in [0.05, 0.1) is 11.0 Å². The van der Waals surface area contributed by atoms with Gasteiger partial charge in [-0.25, -0.2) is 9.97 Å². The first-order valence-corrected chi connectivity index (χ1v) is 31.4. The van der Waals surface area contributed by atoms with Crippen LogP contribution in [0.1, 0.15) is 0 Å². The molecule has 4 aromatic heterocycles. The van der Waals surface area contributed by atoms with Crippen molar-refractivity contribution in [2.24, 2.45) is 0 Å². The second-order valence-electron chi connectivity index (χ2n) is 23.6. The molecule has 0 bridgehead atoms. The van der Waals surface area contributed by atoms with E-state index in [9.17, 15) is 0 Å². The van der Waals surface area contributed by atoms with Crippen LogP contribution in [0.2, 0.25) is 5.28 Å². The molecule has 0 saturated carbocycles. The van der Waals surface area contributed by atoms with E-state index in [2.05, 4.69) is 269 Å². The summed E-state index contributed by atoms with van der Waals surface area (Å²) in [5.74, 6) is 2.68. The quantitative estimate of drug-likeness (QED) is 0.135. The fraction of sp³-hybridized carbons (Fsp3) is 0. The van der Waals surface area contributed by atoms with Crippen LogP contribution in [0.4, 0.5) is 0 Å². The molecule has 93 heavy (non-hydrogen) atoms. The van der Waals surface area contributed by atoms with Gasteiger partial charge in [0.25, 0.3) is 0 Å². The van der Waals surface area contributed by atoms with Crippen LogP contribution in [-0.2, 0) is 0 Å². The first kappa shape index (κ1) is 53.8. The average Bonchev–Trinajstić information content (AvgIpc) is 1.58. The fourth-order valence-electron chi connectivity index (χ4n) is 13.5. The summed E-state index contributed by atoms with van der Waals surface area (Å²) in [5.41, 5.74) is 18.0. The van der Waals surface area contributed by atoms with Gasteiger partial charge in [-0.1, -0.05) is 261 Å². The lowest BCUT2D eigenvalue weighted by molar-refractivity contribution is 0.670. The van der Waals surface area contributed by atoms with Crippen molar-refractivity contribution in [2.45, 2.75) is 0 Å². The highest BCUT2D eigenvalue weighted by molar-refractivity contribution is 6.28. The number of para-hydroxylation sites is 3. The van der Waals surface area contributed by atoms with Crippen LogP contribution >= 0.6 is 11.6 Å². The Morgan fingerprint density at radius 1 is 0.269 bits per heavy atom. The van der Waals surface area contributed by atoms with E-state index in [4.69, 9.17) is 36.0 Å². The number of halogens is 1. The fourth-order valence-corrected chi connectivity index (χ4v) is 13.6. The lowest BCUT2D eigenvalue weighted by Crippen LogP contribution is -2.07. The number of benzene rings is 14. The number of nitrogens with zero attached hydrogens (tertiary/aromatic N) is 7. The zero-order valence-corrected chi connectivity index (χ0v) is 50.5. The first-order valence-electron chi connectivity index (χ1n) is 31.0. The van der Waals surface area contributed by atoms with Crippen molar-refractivity contribution in [1.82, 2.24) is 34.5 Å².